The first-order valence-electron chi connectivity index (χ1n) is 12.1. The number of benzene rings is 1. The second-order valence-corrected chi connectivity index (χ2v) is 9.28. The average molecular weight is 462 g/mol. The van der Waals surface area contributed by atoms with E-state index in [1.807, 2.05) is 13.8 Å². The molecule has 4 rings (SSSR count). The van der Waals surface area contributed by atoms with E-state index in [0.717, 1.165) is 12.8 Å². The number of hydrogen-bond acceptors (Lipinski definition) is 7. The van der Waals surface area contributed by atoms with E-state index in [2.05, 4.69) is 6.92 Å². The summed E-state index contributed by atoms with van der Waals surface area (Å²) in [7, 11) is 0. The molecule has 2 saturated heterocycles. The Balaban J connectivity index is 1.26. The zero-order valence-electron chi connectivity index (χ0n) is 19.8. The van der Waals surface area contributed by atoms with Crippen LogP contribution < -0.4 is 0 Å². The Labute approximate surface area is 195 Å². The van der Waals surface area contributed by atoms with Crippen LogP contribution in [0.2, 0.25) is 0 Å². The van der Waals surface area contributed by atoms with Crippen LogP contribution in [0.3, 0.4) is 0 Å². The molecule has 2 fully saturated rings. The highest BCUT2D eigenvalue weighted by Crippen LogP contribution is 2.39. The second-order valence-electron chi connectivity index (χ2n) is 9.28. The van der Waals surface area contributed by atoms with Gasteiger partial charge in [-0.25, -0.2) is 0 Å². The summed E-state index contributed by atoms with van der Waals surface area (Å²) in [5.74, 6) is -1.27. The molecule has 0 unspecified atom stereocenters. The molecule has 182 valence electrons. The van der Waals surface area contributed by atoms with Gasteiger partial charge < -0.3 is 23.7 Å². The molecule has 8 nitrogen and oxygen atoms in total. The van der Waals surface area contributed by atoms with Gasteiger partial charge in [-0.2, -0.15) is 0 Å². The van der Waals surface area contributed by atoms with Gasteiger partial charge in [0, 0.05) is 6.61 Å². The first-order valence-corrected chi connectivity index (χ1v) is 12.1. The first kappa shape index (κ1) is 24.3. The third-order valence-electron chi connectivity index (χ3n) is 6.26. The topological polar surface area (TPSA) is 83.5 Å². The molecule has 0 bridgehead atoms. The van der Waals surface area contributed by atoms with Crippen LogP contribution in [-0.4, -0.2) is 73.5 Å². The Morgan fingerprint density at radius 1 is 0.970 bits per heavy atom. The van der Waals surface area contributed by atoms with Crippen LogP contribution in [0.25, 0.3) is 0 Å². The molecule has 3 aliphatic heterocycles. The first-order chi connectivity index (χ1) is 15.9. The minimum Gasteiger partial charge on any atom is -0.377 e. The number of carbonyl (C=O) groups is 2. The molecule has 2 amide bonds. The molecule has 0 N–H and O–H groups in total. The largest absolute Gasteiger partial charge is 0.377 e. The van der Waals surface area contributed by atoms with Crippen molar-refractivity contribution in [2.24, 2.45) is 0 Å². The van der Waals surface area contributed by atoms with Gasteiger partial charge in [0.2, 0.25) is 0 Å². The molecular formula is C25H35NO7. The van der Waals surface area contributed by atoms with Gasteiger partial charge >= 0.3 is 0 Å². The third kappa shape index (κ3) is 5.46. The number of imide groups is 1. The van der Waals surface area contributed by atoms with Crippen molar-refractivity contribution in [3.8, 4) is 0 Å². The van der Waals surface area contributed by atoms with E-state index in [1.165, 1.54) is 24.2 Å². The highest BCUT2D eigenvalue weighted by molar-refractivity contribution is 6.21. The quantitative estimate of drug-likeness (QED) is 0.348. The Morgan fingerprint density at radius 2 is 1.67 bits per heavy atom. The van der Waals surface area contributed by atoms with Crippen molar-refractivity contribution in [1.29, 1.82) is 0 Å². The normalized spacial score (nSPS) is 27.9. The second kappa shape index (κ2) is 10.6. The summed E-state index contributed by atoms with van der Waals surface area (Å²) in [5.41, 5.74) is 0.887. The zero-order valence-corrected chi connectivity index (χ0v) is 19.8. The smallest absolute Gasteiger partial charge is 0.261 e. The highest BCUT2D eigenvalue weighted by Gasteiger charge is 2.55. The van der Waals surface area contributed by atoms with Gasteiger partial charge in [-0.05, 0) is 32.4 Å². The molecule has 1 aromatic rings. The van der Waals surface area contributed by atoms with Crippen molar-refractivity contribution in [2.45, 2.75) is 83.3 Å². The van der Waals surface area contributed by atoms with Crippen LogP contribution in [0.15, 0.2) is 24.3 Å². The molecule has 4 atom stereocenters. The van der Waals surface area contributed by atoms with Crippen molar-refractivity contribution in [1.82, 2.24) is 4.90 Å². The lowest BCUT2D eigenvalue weighted by atomic mass is 10.1. The Kier molecular flexibility index (Phi) is 7.81. The van der Waals surface area contributed by atoms with Gasteiger partial charge in [0.05, 0.1) is 30.9 Å². The highest BCUT2D eigenvalue weighted by atomic mass is 16.8. The van der Waals surface area contributed by atoms with Gasteiger partial charge in [-0.1, -0.05) is 44.7 Å². The summed E-state index contributed by atoms with van der Waals surface area (Å²) in [6.07, 6.45) is 4.37. The van der Waals surface area contributed by atoms with Crippen molar-refractivity contribution in [2.75, 3.05) is 26.4 Å². The predicted molar refractivity (Wildman–Crippen MR) is 120 cm³/mol. The van der Waals surface area contributed by atoms with Crippen molar-refractivity contribution in [3.05, 3.63) is 35.4 Å². The Morgan fingerprint density at radius 3 is 2.36 bits per heavy atom. The Bertz CT molecular complexity index is 807. The third-order valence-corrected chi connectivity index (χ3v) is 6.26. The number of ether oxygens (including phenoxy) is 5. The molecule has 1 aromatic carbocycles. The summed E-state index contributed by atoms with van der Waals surface area (Å²) < 4.78 is 30.0. The van der Waals surface area contributed by atoms with E-state index in [4.69, 9.17) is 23.7 Å². The van der Waals surface area contributed by atoms with Crippen molar-refractivity contribution < 1.29 is 33.3 Å². The summed E-state index contributed by atoms with van der Waals surface area (Å²) in [6.45, 7) is 7.24. The lowest BCUT2D eigenvalue weighted by Gasteiger charge is -2.26. The molecule has 0 saturated carbocycles. The van der Waals surface area contributed by atoms with Gasteiger partial charge in [-0.15, -0.1) is 0 Å². The minimum atomic E-state index is -0.713. The van der Waals surface area contributed by atoms with E-state index in [0.29, 0.717) is 17.7 Å². The predicted octanol–water partition coefficient (Wildman–Crippen LogP) is 3.53. The summed E-state index contributed by atoms with van der Waals surface area (Å²) in [4.78, 5) is 26.2. The maximum absolute atomic E-state index is 12.5. The fourth-order valence-corrected chi connectivity index (χ4v) is 4.61. The van der Waals surface area contributed by atoms with E-state index >= 15 is 0 Å². The van der Waals surface area contributed by atoms with E-state index in [1.54, 1.807) is 24.3 Å². The van der Waals surface area contributed by atoms with Crippen LogP contribution in [0.5, 0.6) is 0 Å². The lowest BCUT2D eigenvalue weighted by Crippen LogP contribution is -2.40. The number of hydrogen-bond donors (Lipinski definition) is 0. The molecule has 3 heterocycles. The summed E-state index contributed by atoms with van der Waals surface area (Å²) in [6, 6.07) is 6.86. The van der Waals surface area contributed by atoms with Crippen LogP contribution in [0.1, 0.15) is 73.6 Å². The monoisotopic (exact) mass is 461 g/mol. The Hall–Kier alpha value is -1.84. The maximum atomic E-state index is 12.5. The van der Waals surface area contributed by atoms with Crippen LogP contribution >= 0.6 is 0 Å². The number of nitrogens with zero attached hydrogens (tertiary/aromatic N) is 1. The van der Waals surface area contributed by atoms with Gasteiger partial charge in [0.25, 0.3) is 11.8 Å². The molecule has 3 aliphatic rings. The van der Waals surface area contributed by atoms with Crippen molar-refractivity contribution in [3.63, 3.8) is 0 Å². The van der Waals surface area contributed by atoms with Gasteiger partial charge in [0.1, 0.15) is 18.3 Å². The fraction of sp³-hybridized carbons (Fsp3) is 0.680. The number of fused-ring (bicyclic) bond motifs is 2. The minimum absolute atomic E-state index is 0.189. The molecule has 0 aromatic heterocycles. The van der Waals surface area contributed by atoms with E-state index < -0.39 is 12.1 Å². The SMILES string of the molecule is CCCCCCCO[C@H]1[C@H]2OC(C)(C)O[C@H]2O[C@@H]1COCCN1C(=O)c2ccccc2C1=O. The number of amides is 2. The lowest BCUT2D eigenvalue weighted by molar-refractivity contribution is -0.223. The fourth-order valence-electron chi connectivity index (χ4n) is 4.61. The van der Waals surface area contributed by atoms with Crippen molar-refractivity contribution >= 4 is 11.8 Å². The molecule has 8 heteroatoms. The van der Waals surface area contributed by atoms with Crippen LogP contribution in [0, 0.1) is 0 Å². The zero-order chi connectivity index (χ0) is 23.4. The molecular weight excluding hydrogens is 426 g/mol. The van der Waals surface area contributed by atoms with E-state index in [9.17, 15) is 9.59 Å². The summed E-state index contributed by atoms with van der Waals surface area (Å²) >= 11 is 0. The average Bonchev–Trinajstić information content (AvgIpc) is 3.35. The van der Waals surface area contributed by atoms with Crippen LogP contribution in [0.4, 0.5) is 0 Å². The number of rotatable bonds is 12. The molecule has 0 aliphatic carbocycles. The number of unbranched alkanes of at least 4 members (excludes halogenated alkanes) is 4. The molecule has 33 heavy (non-hydrogen) atoms. The summed E-state index contributed by atoms with van der Waals surface area (Å²) in [5, 5.41) is 0. The standard InChI is InChI=1S/C25H35NO7/c1-4-5-6-7-10-14-30-20-19(31-24-21(20)32-25(2,3)33-24)16-29-15-13-26-22(27)17-11-8-9-12-18(17)23(26)28/h8-9,11-12,19-21,24H,4-7,10,13-16H2,1-3H3/t19-,20-,21-,24-/m1/s1. The van der Waals surface area contributed by atoms with Gasteiger partial charge in [-0.3, -0.25) is 14.5 Å². The van der Waals surface area contributed by atoms with Crippen LogP contribution in [-0.2, 0) is 23.7 Å². The van der Waals surface area contributed by atoms with E-state index in [-0.39, 0.29) is 49.9 Å². The molecule has 0 radical (unpaired) electrons. The van der Waals surface area contributed by atoms with Gasteiger partial charge in [0.15, 0.2) is 12.1 Å². The maximum Gasteiger partial charge on any atom is 0.261 e. The number of carbonyl (C=O) groups excluding carboxylic acids is 2. The molecule has 0 spiro atoms.